The lowest BCUT2D eigenvalue weighted by Crippen LogP contribution is -2.39. The van der Waals surface area contributed by atoms with Gasteiger partial charge in [-0.1, -0.05) is 0 Å². The predicted octanol–water partition coefficient (Wildman–Crippen LogP) is 0.450. The van der Waals surface area contributed by atoms with E-state index < -0.39 is 16.1 Å². The molecule has 1 saturated heterocycles. The molecule has 1 fully saturated rings. The molecule has 1 aromatic rings. The Labute approximate surface area is 124 Å². The summed E-state index contributed by atoms with van der Waals surface area (Å²) in [7, 11) is -3.80. The van der Waals surface area contributed by atoms with Crippen molar-refractivity contribution in [2.24, 2.45) is 5.14 Å². The van der Waals surface area contributed by atoms with E-state index in [1.54, 1.807) is 0 Å². The Morgan fingerprint density at radius 2 is 2.15 bits per heavy atom. The van der Waals surface area contributed by atoms with E-state index in [4.69, 9.17) is 14.6 Å². The van der Waals surface area contributed by atoms with Gasteiger partial charge in [-0.15, -0.1) is 0 Å². The number of primary sulfonamides is 1. The molecular formula is C11H13BrN2O5S. The third-order valence-corrected chi connectivity index (χ3v) is 4.50. The minimum Gasteiger partial charge on any atom is -0.376 e. The van der Waals surface area contributed by atoms with Gasteiger partial charge in [-0.3, -0.25) is 4.79 Å². The van der Waals surface area contributed by atoms with Crippen LogP contribution in [0, 0.1) is 0 Å². The van der Waals surface area contributed by atoms with Gasteiger partial charge in [-0.25, -0.2) is 13.6 Å². The number of amides is 1. The maximum absolute atomic E-state index is 11.9. The summed E-state index contributed by atoms with van der Waals surface area (Å²) in [6.07, 6.45) is -0.666. The number of carbonyl (C=O) groups is 1. The van der Waals surface area contributed by atoms with Gasteiger partial charge in [0.05, 0.1) is 24.7 Å². The molecule has 1 aliphatic heterocycles. The van der Waals surface area contributed by atoms with Gasteiger partial charge in [0.1, 0.15) is 0 Å². The molecule has 0 saturated carbocycles. The van der Waals surface area contributed by atoms with Crippen molar-refractivity contribution in [2.45, 2.75) is 11.0 Å². The Balaban J connectivity index is 2.10. The van der Waals surface area contributed by atoms with Gasteiger partial charge >= 0.3 is 0 Å². The first-order valence-electron chi connectivity index (χ1n) is 5.70. The zero-order valence-corrected chi connectivity index (χ0v) is 12.7. The molecule has 1 aromatic carbocycles. The van der Waals surface area contributed by atoms with E-state index in [1.807, 2.05) is 0 Å². The van der Waals surface area contributed by atoms with E-state index in [1.165, 1.54) is 18.2 Å². The maximum Gasteiger partial charge on any atom is 0.255 e. The highest BCUT2D eigenvalue weighted by Gasteiger charge is 2.23. The van der Waals surface area contributed by atoms with Crippen molar-refractivity contribution in [1.82, 2.24) is 0 Å². The van der Waals surface area contributed by atoms with Crippen molar-refractivity contribution in [3.63, 3.8) is 0 Å². The predicted molar refractivity (Wildman–Crippen MR) is 74.7 cm³/mol. The Morgan fingerprint density at radius 3 is 2.70 bits per heavy atom. The molecule has 0 bridgehead atoms. The molecule has 7 nitrogen and oxygen atoms in total. The van der Waals surface area contributed by atoms with Crippen molar-refractivity contribution in [2.75, 3.05) is 25.1 Å². The van der Waals surface area contributed by atoms with Gasteiger partial charge < -0.3 is 14.8 Å². The Kier molecular flexibility index (Phi) is 4.76. The average Bonchev–Trinajstić information content (AvgIpc) is 2.38. The number of anilines is 1. The molecule has 1 unspecified atom stereocenters. The lowest BCUT2D eigenvalue weighted by atomic mass is 10.3. The van der Waals surface area contributed by atoms with Crippen LogP contribution < -0.4 is 10.5 Å². The molecule has 1 atom stereocenters. The van der Waals surface area contributed by atoms with Gasteiger partial charge in [0.25, 0.3) is 5.91 Å². The smallest absolute Gasteiger partial charge is 0.255 e. The van der Waals surface area contributed by atoms with Crippen LogP contribution in [0.25, 0.3) is 0 Å². The number of carbonyl (C=O) groups excluding carboxylic acids is 1. The lowest BCUT2D eigenvalue weighted by molar-refractivity contribution is -0.142. The quantitative estimate of drug-likeness (QED) is 0.809. The summed E-state index contributed by atoms with van der Waals surface area (Å²) in [5.74, 6) is -0.347. The first-order valence-corrected chi connectivity index (χ1v) is 8.04. The first-order chi connectivity index (χ1) is 9.38. The monoisotopic (exact) mass is 364 g/mol. The van der Waals surface area contributed by atoms with Crippen LogP contribution in [0.4, 0.5) is 5.69 Å². The maximum atomic E-state index is 11.9. The zero-order chi connectivity index (χ0) is 14.8. The van der Waals surface area contributed by atoms with Crippen molar-refractivity contribution >= 4 is 37.5 Å². The number of nitrogens with one attached hydrogen (secondary N) is 1. The SMILES string of the molecule is NS(=O)(=O)c1ccc(NC(=O)C2COCCO2)cc1Br. The van der Waals surface area contributed by atoms with Gasteiger partial charge in [-0.05, 0) is 34.1 Å². The van der Waals surface area contributed by atoms with Gasteiger partial charge in [-0.2, -0.15) is 0 Å². The Morgan fingerprint density at radius 1 is 1.40 bits per heavy atom. The molecule has 110 valence electrons. The number of halogens is 1. The number of hydrogen-bond donors (Lipinski definition) is 2. The Hall–Kier alpha value is -1.00. The molecule has 3 N–H and O–H groups in total. The fraction of sp³-hybridized carbons (Fsp3) is 0.364. The number of nitrogens with two attached hydrogens (primary N) is 1. The third-order valence-electron chi connectivity index (χ3n) is 2.61. The van der Waals surface area contributed by atoms with E-state index >= 15 is 0 Å². The molecule has 0 spiro atoms. The molecule has 1 aliphatic rings. The van der Waals surface area contributed by atoms with Crippen LogP contribution in [0.1, 0.15) is 0 Å². The topological polar surface area (TPSA) is 108 Å². The van der Waals surface area contributed by atoms with Crippen molar-refractivity contribution in [3.05, 3.63) is 22.7 Å². The summed E-state index contributed by atoms with van der Waals surface area (Å²) in [5, 5.41) is 7.67. The second-order valence-electron chi connectivity index (χ2n) is 4.11. The highest BCUT2D eigenvalue weighted by atomic mass is 79.9. The molecule has 0 radical (unpaired) electrons. The number of benzene rings is 1. The number of sulfonamides is 1. The summed E-state index contributed by atoms with van der Waals surface area (Å²) in [6, 6.07) is 4.22. The summed E-state index contributed by atoms with van der Waals surface area (Å²) in [4.78, 5) is 11.8. The minimum atomic E-state index is -3.80. The molecule has 20 heavy (non-hydrogen) atoms. The van der Waals surface area contributed by atoms with E-state index in [-0.39, 0.29) is 21.9 Å². The van der Waals surface area contributed by atoms with E-state index in [2.05, 4.69) is 21.2 Å². The summed E-state index contributed by atoms with van der Waals surface area (Å²) in [6.45, 7) is 1.03. The standard InChI is InChI=1S/C11H13BrN2O5S/c12-8-5-7(1-2-10(8)20(13,16)17)14-11(15)9-6-18-3-4-19-9/h1-2,5,9H,3-4,6H2,(H,14,15)(H2,13,16,17). The largest absolute Gasteiger partial charge is 0.376 e. The average molecular weight is 365 g/mol. The summed E-state index contributed by atoms with van der Waals surface area (Å²) >= 11 is 3.10. The zero-order valence-electron chi connectivity index (χ0n) is 10.3. The van der Waals surface area contributed by atoms with Crippen molar-refractivity contribution in [1.29, 1.82) is 0 Å². The Bertz CT molecular complexity index is 613. The summed E-state index contributed by atoms with van der Waals surface area (Å²) < 4.78 is 33.2. The normalized spacial score (nSPS) is 19.6. The second-order valence-corrected chi connectivity index (χ2v) is 6.50. The molecule has 2 rings (SSSR count). The van der Waals surface area contributed by atoms with E-state index in [9.17, 15) is 13.2 Å². The van der Waals surface area contributed by atoms with Crippen LogP contribution >= 0.6 is 15.9 Å². The molecular weight excluding hydrogens is 352 g/mol. The van der Waals surface area contributed by atoms with Crippen molar-refractivity contribution in [3.8, 4) is 0 Å². The third kappa shape index (κ3) is 3.76. The van der Waals surface area contributed by atoms with E-state index in [0.29, 0.717) is 18.9 Å². The number of rotatable bonds is 3. The first kappa shape index (κ1) is 15.4. The molecule has 9 heteroatoms. The minimum absolute atomic E-state index is 0.0484. The van der Waals surface area contributed by atoms with Gasteiger partial charge in [0.15, 0.2) is 6.10 Å². The highest BCUT2D eigenvalue weighted by molar-refractivity contribution is 9.10. The number of ether oxygens (including phenoxy) is 2. The van der Waals surface area contributed by atoms with Crippen molar-refractivity contribution < 1.29 is 22.7 Å². The van der Waals surface area contributed by atoms with Gasteiger partial charge in [0.2, 0.25) is 10.0 Å². The fourth-order valence-corrected chi connectivity index (χ4v) is 3.32. The van der Waals surface area contributed by atoms with E-state index in [0.717, 1.165) is 0 Å². The summed E-state index contributed by atoms with van der Waals surface area (Å²) in [5.41, 5.74) is 0.434. The lowest BCUT2D eigenvalue weighted by Gasteiger charge is -2.22. The molecule has 0 aromatic heterocycles. The molecule has 1 heterocycles. The van der Waals surface area contributed by atoms with Crippen LogP contribution in [-0.4, -0.2) is 40.2 Å². The van der Waals surface area contributed by atoms with Crippen LogP contribution in [-0.2, 0) is 24.3 Å². The molecule has 1 amide bonds. The van der Waals surface area contributed by atoms with Crippen LogP contribution in [0.2, 0.25) is 0 Å². The highest BCUT2D eigenvalue weighted by Crippen LogP contribution is 2.24. The molecule has 0 aliphatic carbocycles. The number of hydrogen-bond acceptors (Lipinski definition) is 5. The van der Waals surface area contributed by atoms with Crippen LogP contribution in [0.15, 0.2) is 27.6 Å². The second kappa shape index (κ2) is 6.19. The van der Waals surface area contributed by atoms with Gasteiger partial charge in [0, 0.05) is 10.2 Å². The fourth-order valence-electron chi connectivity index (χ4n) is 1.67. The van der Waals surface area contributed by atoms with Crippen LogP contribution in [0.3, 0.4) is 0 Å². The van der Waals surface area contributed by atoms with Crippen LogP contribution in [0.5, 0.6) is 0 Å².